The number of carbonyl (C=O) groups excluding carboxylic acids is 3. The van der Waals surface area contributed by atoms with Crippen LogP contribution in [0.1, 0.15) is 31.7 Å². The fourth-order valence-electron chi connectivity index (χ4n) is 2.37. The van der Waals surface area contributed by atoms with Crippen molar-refractivity contribution in [1.82, 2.24) is 4.90 Å². The smallest absolute Gasteiger partial charge is 0.244 e. The number of rotatable bonds is 5. The Morgan fingerprint density at radius 2 is 2.00 bits per heavy atom. The highest BCUT2D eigenvalue weighted by Crippen LogP contribution is 2.20. The molecule has 22 heavy (non-hydrogen) atoms. The summed E-state index contributed by atoms with van der Waals surface area (Å²) in [6.07, 6.45) is 1.76. The largest absolute Gasteiger partial charge is 0.333 e. The van der Waals surface area contributed by atoms with E-state index in [-0.39, 0.29) is 24.3 Å². The summed E-state index contributed by atoms with van der Waals surface area (Å²) in [4.78, 5) is 36.4. The second kappa shape index (κ2) is 7.06. The maximum atomic E-state index is 12.0. The Labute approximate surface area is 129 Å². The van der Waals surface area contributed by atoms with Crippen LogP contribution in [0.4, 0.5) is 11.4 Å². The van der Waals surface area contributed by atoms with Crippen molar-refractivity contribution in [1.29, 1.82) is 0 Å². The lowest BCUT2D eigenvalue weighted by atomic mass is 10.1. The summed E-state index contributed by atoms with van der Waals surface area (Å²) in [7, 11) is 0. The lowest BCUT2D eigenvalue weighted by Gasteiger charge is -2.16. The van der Waals surface area contributed by atoms with E-state index in [0.29, 0.717) is 30.8 Å². The first-order valence-electron chi connectivity index (χ1n) is 7.47. The number of hydrogen-bond acceptors (Lipinski definition) is 3. The van der Waals surface area contributed by atoms with Gasteiger partial charge in [0.25, 0.3) is 0 Å². The number of hydrogen-bond donors (Lipinski definition) is 2. The zero-order valence-corrected chi connectivity index (χ0v) is 12.9. The van der Waals surface area contributed by atoms with E-state index in [1.54, 1.807) is 24.0 Å². The lowest BCUT2D eigenvalue weighted by Crippen LogP contribution is -2.34. The molecule has 0 aliphatic carbocycles. The van der Waals surface area contributed by atoms with Crippen molar-refractivity contribution in [2.75, 3.05) is 23.7 Å². The fourth-order valence-corrected chi connectivity index (χ4v) is 2.37. The maximum absolute atomic E-state index is 12.0. The lowest BCUT2D eigenvalue weighted by molar-refractivity contribution is -0.131. The van der Waals surface area contributed by atoms with Crippen molar-refractivity contribution in [3.05, 3.63) is 23.8 Å². The minimum atomic E-state index is -0.205. The molecular weight excluding hydrogens is 282 g/mol. The monoisotopic (exact) mass is 303 g/mol. The highest BCUT2D eigenvalue weighted by Gasteiger charge is 2.22. The van der Waals surface area contributed by atoms with Crippen molar-refractivity contribution < 1.29 is 14.4 Å². The Kier molecular flexibility index (Phi) is 5.14. The first-order valence-corrected chi connectivity index (χ1v) is 7.47. The van der Waals surface area contributed by atoms with Gasteiger partial charge in [-0.15, -0.1) is 0 Å². The van der Waals surface area contributed by atoms with E-state index >= 15 is 0 Å². The van der Waals surface area contributed by atoms with E-state index in [9.17, 15) is 14.4 Å². The Hall–Kier alpha value is -2.37. The average Bonchev–Trinajstić information content (AvgIpc) is 2.87. The summed E-state index contributed by atoms with van der Waals surface area (Å²) in [5.74, 6) is -0.225. The highest BCUT2D eigenvalue weighted by molar-refractivity contribution is 5.96. The van der Waals surface area contributed by atoms with Gasteiger partial charge in [-0.05, 0) is 37.1 Å². The van der Waals surface area contributed by atoms with Crippen LogP contribution in [0.25, 0.3) is 0 Å². The minimum absolute atomic E-state index is 0.0319. The standard InChI is InChI=1S/C16H21N3O3/c1-3-14(20)17-12-6-7-13(11(2)9-12)18-15(21)10-19-8-4-5-16(19)22/h6-7,9H,3-5,8,10H2,1-2H3,(H,17,20)(H,18,21). The van der Waals surface area contributed by atoms with Crippen LogP contribution in [-0.4, -0.2) is 35.7 Å². The average molecular weight is 303 g/mol. The fraction of sp³-hybridized carbons (Fsp3) is 0.438. The first kappa shape index (κ1) is 16.0. The topological polar surface area (TPSA) is 78.5 Å². The van der Waals surface area contributed by atoms with E-state index in [1.165, 1.54) is 0 Å². The molecule has 0 bridgehead atoms. The van der Waals surface area contributed by atoms with Crippen LogP contribution in [-0.2, 0) is 14.4 Å². The first-order chi connectivity index (χ1) is 10.5. The molecule has 2 rings (SSSR count). The van der Waals surface area contributed by atoms with E-state index in [4.69, 9.17) is 0 Å². The Morgan fingerprint density at radius 3 is 2.59 bits per heavy atom. The number of amides is 3. The SMILES string of the molecule is CCC(=O)Nc1ccc(NC(=O)CN2CCCC2=O)c(C)c1. The van der Waals surface area contributed by atoms with Crippen molar-refractivity contribution in [2.45, 2.75) is 33.1 Å². The summed E-state index contributed by atoms with van der Waals surface area (Å²) < 4.78 is 0. The molecule has 6 heteroatoms. The number of aryl methyl sites for hydroxylation is 1. The van der Waals surface area contributed by atoms with Gasteiger partial charge in [0.15, 0.2) is 0 Å². The molecule has 1 aromatic rings. The number of anilines is 2. The zero-order chi connectivity index (χ0) is 16.1. The van der Waals surface area contributed by atoms with Crippen LogP contribution in [0.15, 0.2) is 18.2 Å². The van der Waals surface area contributed by atoms with Gasteiger partial charge in [0.05, 0.1) is 6.54 Å². The van der Waals surface area contributed by atoms with Gasteiger partial charge >= 0.3 is 0 Å². The Morgan fingerprint density at radius 1 is 1.23 bits per heavy atom. The van der Waals surface area contributed by atoms with Crippen LogP contribution in [0.2, 0.25) is 0 Å². The van der Waals surface area contributed by atoms with Gasteiger partial charge in [0.1, 0.15) is 0 Å². The van der Waals surface area contributed by atoms with Crippen LogP contribution in [0.5, 0.6) is 0 Å². The minimum Gasteiger partial charge on any atom is -0.333 e. The Bertz CT molecular complexity index is 598. The van der Waals surface area contributed by atoms with E-state index < -0.39 is 0 Å². The molecule has 0 unspecified atom stereocenters. The number of likely N-dealkylation sites (tertiary alicyclic amines) is 1. The van der Waals surface area contributed by atoms with E-state index in [2.05, 4.69) is 10.6 Å². The third kappa shape index (κ3) is 4.07. The highest BCUT2D eigenvalue weighted by atomic mass is 16.2. The normalized spacial score (nSPS) is 14.1. The van der Waals surface area contributed by atoms with Gasteiger partial charge in [-0.3, -0.25) is 14.4 Å². The molecule has 118 valence electrons. The zero-order valence-electron chi connectivity index (χ0n) is 12.9. The van der Waals surface area contributed by atoms with E-state index in [0.717, 1.165) is 12.0 Å². The molecule has 0 spiro atoms. The van der Waals surface area contributed by atoms with Crippen LogP contribution in [0.3, 0.4) is 0 Å². The summed E-state index contributed by atoms with van der Waals surface area (Å²) in [5.41, 5.74) is 2.25. The van der Waals surface area contributed by atoms with Crippen molar-refractivity contribution in [3.63, 3.8) is 0 Å². The second-order valence-corrected chi connectivity index (χ2v) is 5.40. The molecule has 1 saturated heterocycles. The molecular formula is C16H21N3O3. The molecule has 6 nitrogen and oxygen atoms in total. The molecule has 0 saturated carbocycles. The molecule has 0 atom stereocenters. The quantitative estimate of drug-likeness (QED) is 0.872. The number of carbonyl (C=O) groups is 3. The molecule has 2 N–H and O–H groups in total. The van der Waals surface area contributed by atoms with Gasteiger partial charge in [-0.25, -0.2) is 0 Å². The molecule has 1 heterocycles. The van der Waals surface area contributed by atoms with Gasteiger partial charge in [-0.1, -0.05) is 6.92 Å². The molecule has 0 aromatic heterocycles. The summed E-state index contributed by atoms with van der Waals surface area (Å²) in [6, 6.07) is 5.31. The molecule has 1 aliphatic rings. The third-order valence-corrected chi connectivity index (χ3v) is 3.61. The van der Waals surface area contributed by atoms with Crippen molar-refractivity contribution in [2.24, 2.45) is 0 Å². The maximum Gasteiger partial charge on any atom is 0.244 e. The number of nitrogens with one attached hydrogen (secondary N) is 2. The molecule has 0 radical (unpaired) electrons. The van der Waals surface area contributed by atoms with Gasteiger partial charge in [-0.2, -0.15) is 0 Å². The summed E-state index contributed by atoms with van der Waals surface area (Å²) in [6.45, 7) is 4.38. The summed E-state index contributed by atoms with van der Waals surface area (Å²) >= 11 is 0. The predicted molar refractivity (Wildman–Crippen MR) is 84.5 cm³/mol. The van der Waals surface area contributed by atoms with Crippen molar-refractivity contribution in [3.8, 4) is 0 Å². The number of nitrogens with zero attached hydrogens (tertiary/aromatic N) is 1. The van der Waals surface area contributed by atoms with Gasteiger partial charge in [0.2, 0.25) is 17.7 Å². The van der Waals surface area contributed by atoms with Crippen LogP contribution < -0.4 is 10.6 Å². The van der Waals surface area contributed by atoms with Crippen LogP contribution in [0, 0.1) is 6.92 Å². The number of benzene rings is 1. The molecule has 3 amide bonds. The third-order valence-electron chi connectivity index (χ3n) is 3.61. The predicted octanol–water partition coefficient (Wildman–Crippen LogP) is 1.90. The van der Waals surface area contributed by atoms with Gasteiger partial charge < -0.3 is 15.5 Å². The van der Waals surface area contributed by atoms with E-state index in [1.807, 2.05) is 13.0 Å². The van der Waals surface area contributed by atoms with Gasteiger partial charge in [0, 0.05) is 30.8 Å². The summed E-state index contributed by atoms with van der Waals surface area (Å²) in [5, 5.41) is 5.58. The molecule has 1 aromatic carbocycles. The van der Waals surface area contributed by atoms with Crippen molar-refractivity contribution >= 4 is 29.1 Å². The van der Waals surface area contributed by atoms with Crippen LogP contribution >= 0.6 is 0 Å². The Balaban J connectivity index is 1.96. The second-order valence-electron chi connectivity index (χ2n) is 5.40. The molecule has 1 aliphatic heterocycles. The molecule has 1 fully saturated rings.